The summed E-state index contributed by atoms with van der Waals surface area (Å²) in [5.41, 5.74) is 14.1. The molecule has 0 spiro atoms. The van der Waals surface area contributed by atoms with E-state index in [4.69, 9.17) is 0 Å². The van der Waals surface area contributed by atoms with E-state index in [0.29, 0.717) is 0 Å². The summed E-state index contributed by atoms with van der Waals surface area (Å²) in [6, 6.07) is 79.3. The van der Waals surface area contributed by atoms with Crippen LogP contribution in [-0.2, 0) is 0 Å². The normalized spacial score (nSPS) is 11.5. The minimum atomic E-state index is 1.10. The quantitative estimate of drug-likeness (QED) is 0.158. The van der Waals surface area contributed by atoms with Gasteiger partial charge in [0.05, 0.1) is 16.7 Å². The average molecular weight is 745 g/mol. The van der Waals surface area contributed by atoms with Crippen LogP contribution in [0.15, 0.2) is 218 Å². The van der Waals surface area contributed by atoms with Crippen LogP contribution in [0.5, 0.6) is 0 Å². The van der Waals surface area contributed by atoms with Gasteiger partial charge in [0.25, 0.3) is 0 Å². The highest BCUT2D eigenvalue weighted by atomic mass is 32.1. The maximum Gasteiger partial charge on any atom is 0.0562 e. The number of thiophene rings is 1. The van der Waals surface area contributed by atoms with E-state index < -0.39 is 0 Å². The van der Waals surface area contributed by atoms with Crippen molar-refractivity contribution in [3.05, 3.63) is 218 Å². The van der Waals surface area contributed by atoms with Crippen LogP contribution in [0.25, 0.3) is 81.0 Å². The molecule has 0 bridgehead atoms. The number of fused-ring (bicyclic) bond motifs is 6. The van der Waals surface area contributed by atoms with Crippen LogP contribution in [0, 0.1) is 0 Å². The fraction of sp³-hybridized carbons (Fsp3) is 0. The molecule has 0 aliphatic carbocycles. The molecule has 2 heterocycles. The van der Waals surface area contributed by atoms with Gasteiger partial charge in [0.1, 0.15) is 0 Å². The third kappa shape index (κ3) is 5.71. The van der Waals surface area contributed by atoms with E-state index in [1.807, 2.05) is 11.3 Å². The average Bonchev–Trinajstić information content (AvgIpc) is 3.83. The van der Waals surface area contributed by atoms with E-state index in [1.54, 1.807) is 0 Å². The molecule has 11 rings (SSSR count). The molecule has 0 saturated carbocycles. The van der Waals surface area contributed by atoms with Gasteiger partial charge < -0.3 is 9.47 Å². The van der Waals surface area contributed by atoms with Crippen LogP contribution in [-0.4, -0.2) is 4.57 Å². The first kappa shape index (κ1) is 33.2. The Bertz CT molecular complexity index is 3220. The Morgan fingerprint density at radius 2 is 0.912 bits per heavy atom. The van der Waals surface area contributed by atoms with Crippen molar-refractivity contribution in [1.82, 2.24) is 4.57 Å². The minimum Gasteiger partial charge on any atom is -0.310 e. The molecule has 268 valence electrons. The van der Waals surface area contributed by atoms with E-state index in [0.717, 1.165) is 28.3 Å². The molecule has 2 aromatic heterocycles. The van der Waals surface area contributed by atoms with E-state index in [-0.39, 0.29) is 0 Å². The third-order valence-corrected chi connectivity index (χ3v) is 12.4. The topological polar surface area (TPSA) is 8.17 Å². The fourth-order valence-electron chi connectivity index (χ4n) is 8.54. The molecule has 3 heteroatoms. The molecule has 2 nitrogen and oxygen atoms in total. The SMILES string of the molecule is c1ccc(-c2ccc(N(c3ccccc3)c3ccc4c5ccccc5n(-c5ccc(-c6cccc7c6sc6ccccc67)cc5-c5ccccc5)c4c3)cc2)cc1. The van der Waals surface area contributed by atoms with Crippen LogP contribution in [0.1, 0.15) is 0 Å². The molecule has 0 saturated heterocycles. The van der Waals surface area contributed by atoms with Crippen molar-refractivity contribution in [1.29, 1.82) is 0 Å². The highest BCUT2D eigenvalue weighted by molar-refractivity contribution is 7.26. The van der Waals surface area contributed by atoms with Gasteiger partial charge in [-0.25, -0.2) is 0 Å². The molecule has 0 radical (unpaired) electrons. The zero-order valence-electron chi connectivity index (χ0n) is 31.1. The van der Waals surface area contributed by atoms with Gasteiger partial charge in [-0.3, -0.25) is 0 Å². The van der Waals surface area contributed by atoms with Crippen LogP contribution >= 0.6 is 11.3 Å². The van der Waals surface area contributed by atoms with Crippen molar-refractivity contribution in [2.75, 3.05) is 4.90 Å². The van der Waals surface area contributed by atoms with Gasteiger partial charge in [0.15, 0.2) is 0 Å². The molecule has 0 unspecified atom stereocenters. The summed E-state index contributed by atoms with van der Waals surface area (Å²) in [6.07, 6.45) is 0. The zero-order chi connectivity index (χ0) is 37.7. The standard InChI is InChI=1S/C54H36N2S/c1-4-15-37(16-5-1)38-27-30-42(31-28-38)55(41-19-8-3-9-20-41)43-32-33-46-45-21-10-12-25-50(45)56(52(46)36-43)51-34-29-40(35-49(51)39-17-6-2-7-18-39)44-23-14-24-48-47-22-11-13-26-53(47)57-54(44)48/h1-36H. The molecule has 0 N–H and O–H groups in total. The van der Waals surface area contributed by atoms with Gasteiger partial charge in [-0.1, -0.05) is 158 Å². The summed E-state index contributed by atoms with van der Waals surface area (Å²) in [4.78, 5) is 2.36. The lowest BCUT2D eigenvalue weighted by Crippen LogP contribution is -2.10. The molecular formula is C54H36N2S. The highest BCUT2D eigenvalue weighted by Crippen LogP contribution is 2.44. The second-order valence-electron chi connectivity index (χ2n) is 14.5. The van der Waals surface area contributed by atoms with Crippen LogP contribution in [0.4, 0.5) is 17.1 Å². The first-order valence-electron chi connectivity index (χ1n) is 19.4. The second-order valence-corrected chi connectivity index (χ2v) is 15.6. The summed E-state index contributed by atoms with van der Waals surface area (Å²) < 4.78 is 5.12. The van der Waals surface area contributed by atoms with Gasteiger partial charge in [-0.2, -0.15) is 0 Å². The molecule has 0 fully saturated rings. The van der Waals surface area contributed by atoms with Gasteiger partial charge in [0.2, 0.25) is 0 Å². The van der Waals surface area contributed by atoms with Crippen molar-refractivity contribution in [3.8, 4) is 39.1 Å². The van der Waals surface area contributed by atoms with Crippen LogP contribution in [0.2, 0.25) is 0 Å². The smallest absolute Gasteiger partial charge is 0.0562 e. The number of hydrogen-bond donors (Lipinski definition) is 0. The summed E-state index contributed by atoms with van der Waals surface area (Å²) in [5, 5.41) is 5.08. The lowest BCUT2D eigenvalue weighted by Gasteiger charge is -2.26. The predicted octanol–water partition coefficient (Wildman–Crippen LogP) is 15.6. The first-order valence-corrected chi connectivity index (χ1v) is 20.2. The van der Waals surface area contributed by atoms with Crippen molar-refractivity contribution < 1.29 is 0 Å². The van der Waals surface area contributed by atoms with Crippen molar-refractivity contribution in [3.63, 3.8) is 0 Å². The Hall–Kier alpha value is -7.20. The third-order valence-electron chi connectivity index (χ3n) is 11.2. The molecule has 0 aliphatic rings. The monoisotopic (exact) mass is 744 g/mol. The summed E-state index contributed by atoms with van der Waals surface area (Å²) in [6.45, 7) is 0. The lowest BCUT2D eigenvalue weighted by atomic mass is 9.96. The Morgan fingerprint density at radius 3 is 1.70 bits per heavy atom. The Balaban J connectivity index is 1.12. The first-order chi connectivity index (χ1) is 28.3. The van der Waals surface area contributed by atoms with Gasteiger partial charge >= 0.3 is 0 Å². The highest BCUT2D eigenvalue weighted by Gasteiger charge is 2.20. The Morgan fingerprint density at radius 1 is 0.333 bits per heavy atom. The second kappa shape index (κ2) is 13.8. The van der Waals surface area contributed by atoms with Crippen molar-refractivity contribution in [2.24, 2.45) is 0 Å². The predicted molar refractivity (Wildman–Crippen MR) is 245 cm³/mol. The van der Waals surface area contributed by atoms with Crippen LogP contribution < -0.4 is 4.90 Å². The van der Waals surface area contributed by atoms with Gasteiger partial charge in [-0.05, 0) is 88.5 Å². The van der Waals surface area contributed by atoms with Crippen LogP contribution in [0.3, 0.4) is 0 Å². The number of para-hydroxylation sites is 2. The van der Waals surface area contributed by atoms with Gasteiger partial charge in [-0.15, -0.1) is 11.3 Å². The molecule has 11 aromatic rings. The molecule has 9 aromatic carbocycles. The van der Waals surface area contributed by atoms with Crippen molar-refractivity contribution >= 4 is 70.4 Å². The van der Waals surface area contributed by atoms with E-state index >= 15 is 0 Å². The number of benzene rings is 9. The fourth-order valence-corrected chi connectivity index (χ4v) is 9.78. The number of hydrogen-bond acceptors (Lipinski definition) is 2. The van der Waals surface area contributed by atoms with Gasteiger partial charge in [0, 0.05) is 53.6 Å². The maximum absolute atomic E-state index is 2.47. The number of nitrogens with zero attached hydrogens (tertiary/aromatic N) is 2. The van der Waals surface area contributed by atoms with Crippen molar-refractivity contribution in [2.45, 2.75) is 0 Å². The number of rotatable bonds is 7. The number of aromatic nitrogens is 1. The summed E-state index contributed by atoms with van der Waals surface area (Å²) in [5.74, 6) is 0. The summed E-state index contributed by atoms with van der Waals surface area (Å²) >= 11 is 1.88. The zero-order valence-corrected chi connectivity index (χ0v) is 31.9. The molecule has 57 heavy (non-hydrogen) atoms. The minimum absolute atomic E-state index is 1.10. The molecule has 0 aliphatic heterocycles. The number of anilines is 3. The molecule has 0 amide bonds. The summed E-state index contributed by atoms with van der Waals surface area (Å²) in [7, 11) is 0. The largest absolute Gasteiger partial charge is 0.310 e. The maximum atomic E-state index is 2.47. The van der Waals surface area contributed by atoms with E-state index in [2.05, 4.69) is 228 Å². The lowest BCUT2D eigenvalue weighted by molar-refractivity contribution is 1.18. The molecule has 0 atom stereocenters. The Kier molecular flexibility index (Phi) is 8.04. The Labute approximate surface area is 335 Å². The van der Waals surface area contributed by atoms with E-state index in [9.17, 15) is 0 Å². The van der Waals surface area contributed by atoms with E-state index in [1.165, 1.54) is 69.8 Å². The molecular weight excluding hydrogens is 709 g/mol.